The summed E-state index contributed by atoms with van der Waals surface area (Å²) < 4.78 is 0. The van der Waals surface area contributed by atoms with Crippen LogP contribution in [0.1, 0.15) is 6.42 Å². The number of hydrazone groups is 1. The Labute approximate surface area is 59.3 Å². The van der Waals surface area contributed by atoms with Gasteiger partial charge in [0.15, 0.2) is 5.11 Å². The Kier molecular flexibility index (Phi) is 5.04. The van der Waals surface area contributed by atoms with Crippen molar-refractivity contribution in [2.75, 3.05) is 6.54 Å². The van der Waals surface area contributed by atoms with Gasteiger partial charge in [-0.15, -0.1) is 0 Å². The van der Waals surface area contributed by atoms with Gasteiger partial charge in [0.1, 0.15) is 0 Å². The molecule has 0 rings (SSSR count). The molecule has 4 nitrogen and oxygen atoms in total. The van der Waals surface area contributed by atoms with E-state index < -0.39 is 0 Å². The van der Waals surface area contributed by atoms with Gasteiger partial charge >= 0.3 is 0 Å². The Bertz CT molecular complexity index is 111. The van der Waals surface area contributed by atoms with Crippen LogP contribution >= 0.6 is 12.2 Å². The van der Waals surface area contributed by atoms with Gasteiger partial charge in [-0.3, -0.25) is 5.43 Å². The molecule has 0 aromatic heterocycles. The maximum absolute atomic E-state index is 5.16. The van der Waals surface area contributed by atoms with E-state index in [0.717, 1.165) is 6.42 Å². The zero-order valence-corrected chi connectivity index (χ0v) is 5.82. The zero-order chi connectivity index (χ0) is 7.11. The highest BCUT2D eigenvalue weighted by Gasteiger charge is 1.76. The fourth-order valence-corrected chi connectivity index (χ4v) is 0.301. The van der Waals surface area contributed by atoms with E-state index in [9.17, 15) is 0 Å². The van der Waals surface area contributed by atoms with Crippen molar-refractivity contribution in [3.05, 3.63) is 0 Å². The minimum atomic E-state index is 0.170. The van der Waals surface area contributed by atoms with Crippen LogP contribution in [0.15, 0.2) is 5.10 Å². The van der Waals surface area contributed by atoms with Crippen molar-refractivity contribution >= 4 is 23.5 Å². The molecule has 0 saturated carbocycles. The maximum atomic E-state index is 5.16. The van der Waals surface area contributed by atoms with Crippen molar-refractivity contribution < 1.29 is 0 Å². The third-order valence-electron chi connectivity index (χ3n) is 0.562. The number of nitrogens with one attached hydrogen (secondary N) is 1. The highest BCUT2D eigenvalue weighted by molar-refractivity contribution is 7.80. The molecule has 0 atom stereocenters. The summed E-state index contributed by atoms with van der Waals surface area (Å²) in [6.07, 6.45) is 2.36. The highest BCUT2D eigenvalue weighted by Crippen LogP contribution is 1.64. The van der Waals surface area contributed by atoms with Gasteiger partial charge in [-0.1, -0.05) is 0 Å². The lowest BCUT2D eigenvalue weighted by molar-refractivity contribution is 0.998. The van der Waals surface area contributed by atoms with Gasteiger partial charge in [-0.25, -0.2) is 0 Å². The molecule has 9 heavy (non-hydrogen) atoms. The lowest BCUT2D eigenvalue weighted by Gasteiger charge is -1.91. The van der Waals surface area contributed by atoms with Gasteiger partial charge < -0.3 is 11.5 Å². The fourth-order valence-electron chi connectivity index (χ4n) is 0.248. The lowest BCUT2D eigenvalue weighted by Crippen LogP contribution is -2.24. The number of rotatable bonds is 3. The molecule has 0 aliphatic heterocycles. The SMILES string of the molecule is NCCC=NNC(N)=S. The first-order valence-corrected chi connectivity index (χ1v) is 2.95. The molecule has 0 aromatic rings. The fraction of sp³-hybridized carbons (Fsp3) is 0.500. The van der Waals surface area contributed by atoms with Crippen LogP contribution in [0.25, 0.3) is 0 Å². The molecule has 0 bridgehead atoms. The summed E-state index contributed by atoms with van der Waals surface area (Å²) in [6, 6.07) is 0. The number of nitrogens with zero attached hydrogens (tertiary/aromatic N) is 1. The van der Waals surface area contributed by atoms with Crippen LogP contribution in [0.3, 0.4) is 0 Å². The van der Waals surface area contributed by atoms with E-state index in [2.05, 4.69) is 22.7 Å². The normalized spacial score (nSPS) is 9.89. The van der Waals surface area contributed by atoms with Crippen molar-refractivity contribution in [3.8, 4) is 0 Å². The third-order valence-corrected chi connectivity index (χ3v) is 0.653. The van der Waals surface area contributed by atoms with E-state index in [4.69, 9.17) is 11.5 Å². The maximum Gasteiger partial charge on any atom is 0.184 e. The summed E-state index contributed by atoms with van der Waals surface area (Å²) in [6.45, 7) is 0.586. The summed E-state index contributed by atoms with van der Waals surface area (Å²) in [4.78, 5) is 0. The second-order valence-corrected chi connectivity index (χ2v) is 1.80. The average Bonchev–Trinajstić information content (AvgIpc) is 1.80. The molecule has 52 valence electrons. The number of nitrogens with two attached hydrogens (primary N) is 2. The monoisotopic (exact) mass is 146 g/mol. The zero-order valence-electron chi connectivity index (χ0n) is 5.00. The topological polar surface area (TPSA) is 76.4 Å². The van der Waals surface area contributed by atoms with Crippen LogP contribution in [-0.2, 0) is 0 Å². The van der Waals surface area contributed by atoms with E-state index in [-0.39, 0.29) is 5.11 Å². The number of hydrogen-bond acceptors (Lipinski definition) is 3. The van der Waals surface area contributed by atoms with Gasteiger partial charge in [0, 0.05) is 6.21 Å². The van der Waals surface area contributed by atoms with E-state index in [0.29, 0.717) is 6.54 Å². The minimum absolute atomic E-state index is 0.170. The second-order valence-electron chi connectivity index (χ2n) is 1.37. The Balaban J connectivity index is 3.14. The van der Waals surface area contributed by atoms with Gasteiger partial charge in [0.2, 0.25) is 0 Å². The molecule has 0 aliphatic rings. The first-order valence-electron chi connectivity index (χ1n) is 2.54. The van der Waals surface area contributed by atoms with Crippen molar-refractivity contribution in [2.24, 2.45) is 16.6 Å². The van der Waals surface area contributed by atoms with Gasteiger partial charge in [-0.05, 0) is 25.2 Å². The molecule has 0 spiro atoms. The van der Waals surface area contributed by atoms with Gasteiger partial charge in [-0.2, -0.15) is 5.10 Å². The highest BCUT2D eigenvalue weighted by atomic mass is 32.1. The smallest absolute Gasteiger partial charge is 0.184 e. The standard InChI is InChI=1S/C4H10N4S/c5-2-1-3-7-8-4(6)9/h3H,1-2,5H2,(H3,6,8,9). The molecule has 0 aromatic carbocycles. The van der Waals surface area contributed by atoms with Crippen molar-refractivity contribution in [1.29, 1.82) is 0 Å². The summed E-state index contributed by atoms with van der Waals surface area (Å²) in [5, 5.41) is 3.81. The Morgan fingerprint density at radius 3 is 2.89 bits per heavy atom. The van der Waals surface area contributed by atoms with Gasteiger partial charge in [0.25, 0.3) is 0 Å². The first kappa shape index (κ1) is 8.32. The molecule has 0 radical (unpaired) electrons. The van der Waals surface area contributed by atoms with E-state index in [1.54, 1.807) is 6.21 Å². The molecule has 0 amide bonds. The van der Waals surface area contributed by atoms with Crippen molar-refractivity contribution in [3.63, 3.8) is 0 Å². The molecule has 5 heteroatoms. The number of thiocarbonyl (C=S) groups is 1. The molecular formula is C4H10N4S. The molecule has 5 N–H and O–H groups in total. The number of hydrogen-bond donors (Lipinski definition) is 3. The largest absolute Gasteiger partial charge is 0.375 e. The molecule has 0 heterocycles. The lowest BCUT2D eigenvalue weighted by atomic mass is 10.5. The predicted octanol–water partition coefficient (Wildman–Crippen LogP) is -0.846. The Hall–Kier alpha value is -0.680. The van der Waals surface area contributed by atoms with E-state index >= 15 is 0 Å². The molecular weight excluding hydrogens is 136 g/mol. The van der Waals surface area contributed by atoms with Crippen LogP contribution in [0.4, 0.5) is 0 Å². The molecule has 0 fully saturated rings. The molecule has 0 saturated heterocycles. The Morgan fingerprint density at radius 2 is 2.44 bits per heavy atom. The van der Waals surface area contributed by atoms with E-state index in [1.807, 2.05) is 0 Å². The molecule has 0 unspecified atom stereocenters. The summed E-state index contributed by atoms with van der Waals surface area (Å²) in [5.41, 5.74) is 12.6. The minimum Gasteiger partial charge on any atom is -0.375 e. The van der Waals surface area contributed by atoms with Crippen LogP contribution in [0.5, 0.6) is 0 Å². The second kappa shape index (κ2) is 5.46. The van der Waals surface area contributed by atoms with Crippen molar-refractivity contribution in [1.82, 2.24) is 5.43 Å². The summed E-state index contributed by atoms with van der Waals surface area (Å²) in [7, 11) is 0. The van der Waals surface area contributed by atoms with Crippen LogP contribution < -0.4 is 16.9 Å². The summed E-state index contributed by atoms with van der Waals surface area (Å²) >= 11 is 4.47. The van der Waals surface area contributed by atoms with E-state index in [1.165, 1.54) is 0 Å². The summed E-state index contributed by atoms with van der Waals surface area (Å²) in [5.74, 6) is 0. The predicted molar refractivity (Wildman–Crippen MR) is 42.1 cm³/mol. The Morgan fingerprint density at radius 1 is 1.78 bits per heavy atom. The average molecular weight is 146 g/mol. The first-order chi connectivity index (χ1) is 4.27. The van der Waals surface area contributed by atoms with Crippen LogP contribution in [0, 0.1) is 0 Å². The van der Waals surface area contributed by atoms with Gasteiger partial charge in [0.05, 0.1) is 0 Å². The molecule has 0 aliphatic carbocycles. The third kappa shape index (κ3) is 7.32. The van der Waals surface area contributed by atoms with Crippen LogP contribution in [-0.4, -0.2) is 17.9 Å². The van der Waals surface area contributed by atoms with Crippen molar-refractivity contribution in [2.45, 2.75) is 6.42 Å². The van der Waals surface area contributed by atoms with Crippen LogP contribution in [0.2, 0.25) is 0 Å². The quantitative estimate of drug-likeness (QED) is 0.275.